The van der Waals surface area contributed by atoms with Crippen LogP contribution in [0.1, 0.15) is 28.1 Å². The summed E-state index contributed by atoms with van der Waals surface area (Å²) in [5, 5.41) is 3.50. The van der Waals surface area contributed by atoms with Gasteiger partial charge in [-0.3, -0.25) is 10.1 Å². The minimum absolute atomic E-state index is 0.00808. The summed E-state index contributed by atoms with van der Waals surface area (Å²) < 4.78 is 5.57. The summed E-state index contributed by atoms with van der Waals surface area (Å²) in [4.78, 5) is 17.7. The molecule has 1 heterocycles. The van der Waals surface area contributed by atoms with Crippen molar-refractivity contribution in [1.29, 1.82) is 0 Å². The number of aromatic nitrogens is 1. The lowest BCUT2D eigenvalue weighted by atomic mass is 10.1. The number of nitrogens with one attached hydrogen (secondary N) is 1. The molecule has 0 unspecified atom stereocenters. The van der Waals surface area contributed by atoms with Crippen LogP contribution in [-0.4, -0.2) is 17.5 Å². The number of hydrogen-bond donors (Lipinski definition) is 1. The molecule has 1 aromatic carbocycles. The third kappa shape index (κ3) is 3.24. The van der Waals surface area contributed by atoms with E-state index in [-0.39, 0.29) is 12.5 Å². The second kappa shape index (κ2) is 5.85. The molecule has 0 aliphatic heterocycles. The van der Waals surface area contributed by atoms with Crippen LogP contribution >= 0.6 is 11.3 Å². The number of carbonyl (C=O) groups excluding carboxylic acids is 1. The summed E-state index contributed by atoms with van der Waals surface area (Å²) in [7, 11) is 0. The Morgan fingerprint density at radius 1 is 1.38 bits per heavy atom. The molecule has 0 spiro atoms. The number of amides is 1. The lowest BCUT2D eigenvalue weighted by molar-refractivity contribution is -0.118. The van der Waals surface area contributed by atoms with Crippen LogP contribution in [0, 0.1) is 13.8 Å². The van der Waals surface area contributed by atoms with Gasteiger partial charge in [-0.05, 0) is 44.7 Å². The van der Waals surface area contributed by atoms with E-state index in [4.69, 9.17) is 4.74 Å². The Labute approximate surface area is 128 Å². The number of carbonyl (C=O) groups is 1. The normalized spacial score (nSPS) is 13.0. The van der Waals surface area contributed by atoms with Gasteiger partial charge in [-0.1, -0.05) is 17.7 Å². The third-order valence-corrected chi connectivity index (χ3v) is 4.60. The fourth-order valence-electron chi connectivity index (χ4n) is 2.50. The molecule has 0 saturated carbocycles. The van der Waals surface area contributed by atoms with Crippen molar-refractivity contribution in [3.63, 3.8) is 0 Å². The topological polar surface area (TPSA) is 51.2 Å². The highest BCUT2D eigenvalue weighted by Crippen LogP contribution is 2.30. The number of anilines is 1. The number of rotatable bonds is 4. The molecule has 1 aromatic heterocycles. The second-order valence-electron chi connectivity index (χ2n) is 5.35. The third-order valence-electron chi connectivity index (χ3n) is 3.53. The first-order chi connectivity index (χ1) is 10.1. The molecule has 2 aromatic rings. The van der Waals surface area contributed by atoms with E-state index < -0.39 is 0 Å². The second-order valence-corrected chi connectivity index (χ2v) is 6.43. The van der Waals surface area contributed by atoms with Crippen molar-refractivity contribution < 1.29 is 9.53 Å². The van der Waals surface area contributed by atoms with Crippen molar-refractivity contribution in [1.82, 2.24) is 4.98 Å². The molecule has 1 amide bonds. The first-order valence-corrected chi connectivity index (χ1v) is 7.92. The monoisotopic (exact) mass is 302 g/mol. The van der Waals surface area contributed by atoms with Gasteiger partial charge in [0.1, 0.15) is 5.75 Å². The molecule has 110 valence electrons. The molecule has 0 saturated heterocycles. The van der Waals surface area contributed by atoms with Gasteiger partial charge in [-0.15, -0.1) is 11.3 Å². The number of nitrogens with zero attached hydrogens (tertiary/aromatic N) is 1. The van der Waals surface area contributed by atoms with Crippen LogP contribution < -0.4 is 10.1 Å². The fourth-order valence-corrected chi connectivity index (χ4v) is 3.57. The maximum absolute atomic E-state index is 11.9. The summed E-state index contributed by atoms with van der Waals surface area (Å²) in [6.07, 6.45) is 3.29. The van der Waals surface area contributed by atoms with Crippen molar-refractivity contribution in [2.24, 2.45) is 0 Å². The van der Waals surface area contributed by atoms with E-state index in [1.807, 2.05) is 32.0 Å². The first-order valence-electron chi connectivity index (χ1n) is 7.10. The summed E-state index contributed by atoms with van der Waals surface area (Å²) in [5.41, 5.74) is 3.36. The molecule has 0 atom stereocenters. The van der Waals surface area contributed by atoms with Crippen molar-refractivity contribution >= 4 is 22.4 Å². The van der Waals surface area contributed by atoms with Crippen LogP contribution in [0.15, 0.2) is 18.2 Å². The summed E-state index contributed by atoms with van der Waals surface area (Å²) in [6, 6.07) is 5.92. The minimum Gasteiger partial charge on any atom is -0.483 e. The molecular formula is C16H18N2O2S. The number of ether oxygens (including phenoxy) is 1. The molecule has 21 heavy (non-hydrogen) atoms. The van der Waals surface area contributed by atoms with Crippen LogP contribution in [0.3, 0.4) is 0 Å². The van der Waals surface area contributed by atoms with E-state index in [2.05, 4.69) is 10.3 Å². The fraction of sp³-hybridized carbons (Fsp3) is 0.375. The Hall–Kier alpha value is -1.88. The van der Waals surface area contributed by atoms with Gasteiger partial charge in [0.15, 0.2) is 11.7 Å². The van der Waals surface area contributed by atoms with E-state index in [1.54, 1.807) is 11.3 Å². The van der Waals surface area contributed by atoms with Crippen molar-refractivity contribution in [3.8, 4) is 5.75 Å². The van der Waals surface area contributed by atoms with Crippen LogP contribution in [0.5, 0.6) is 5.75 Å². The van der Waals surface area contributed by atoms with Gasteiger partial charge < -0.3 is 4.74 Å². The van der Waals surface area contributed by atoms with E-state index in [9.17, 15) is 4.79 Å². The maximum atomic E-state index is 11.9. The SMILES string of the molecule is Cc1ccc(OCC(=O)Nc2nc3c(s2)CCC3)c(C)c1. The quantitative estimate of drug-likeness (QED) is 0.943. The number of fused-ring (bicyclic) bond motifs is 1. The number of hydrogen-bond acceptors (Lipinski definition) is 4. The summed E-state index contributed by atoms with van der Waals surface area (Å²) >= 11 is 1.58. The lowest BCUT2D eigenvalue weighted by Gasteiger charge is -2.09. The zero-order chi connectivity index (χ0) is 14.8. The van der Waals surface area contributed by atoms with Gasteiger partial charge in [0.25, 0.3) is 5.91 Å². The van der Waals surface area contributed by atoms with Gasteiger partial charge in [0.2, 0.25) is 0 Å². The van der Waals surface area contributed by atoms with Gasteiger partial charge >= 0.3 is 0 Å². The van der Waals surface area contributed by atoms with Crippen LogP contribution in [-0.2, 0) is 17.6 Å². The Balaban J connectivity index is 1.56. The largest absolute Gasteiger partial charge is 0.483 e. The molecule has 0 bridgehead atoms. The highest BCUT2D eigenvalue weighted by molar-refractivity contribution is 7.15. The molecule has 4 nitrogen and oxygen atoms in total. The van der Waals surface area contributed by atoms with Gasteiger partial charge in [0, 0.05) is 4.88 Å². The maximum Gasteiger partial charge on any atom is 0.264 e. The summed E-state index contributed by atoms with van der Waals surface area (Å²) in [5.74, 6) is 0.583. The number of aryl methyl sites for hydroxylation is 4. The molecule has 1 aliphatic rings. The van der Waals surface area contributed by atoms with E-state index >= 15 is 0 Å². The predicted molar refractivity (Wildman–Crippen MR) is 84.2 cm³/mol. The van der Waals surface area contributed by atoms with Crippen LogP contribution in [0.2, 0.25) is 0 Å². The predicted octanol–water partition coefficient (Wildman–Crippen LogP) is 3.27. The van der Waals surface area contributed by atoms with Gasteiger partial charge in [0.05, 0.1) is 5.69 Å². The molecule has 1 aliphatic carbocycles. The Morgan fingerprint density at radius 2 is 2.24 bits per heavy atom. The number of benzene rings is 1. The lowest BCUT2D eigenvalue weighted by Crippen LogP contribution is -2.20. The smallest absolute Gasteiger partial charge is 0.264 e. The van der Waals surface area contributed by atoms with Crippen molar-refractivity contribution in [3.05, 3.63) is 39.9 Å². The van der Waals surface area contributed by atoms with Crippen molar-refractivity contribution in [2.75, 3.05) is 11.9 Å². The highest BCUT2D eigenvalue weighted by Gasteiger charge is 2.17. The van der Waals surface area contributed by atoms with E-state index in [0.717, 1.165) is 29.8 Å². The number of thiazole rings is 1. The first kappa shape index (κ1) is 14.1. The highest BCUT2D eigenvalue weighted by atomic mass is 32.1. The minimum atomic E-state index is -0.164. The van der Waals surface area contributed by atoms with Crippen LogP contribution in [0.4, 0.5) is 5.13 Å². The molecule has 3 rings (SSSR count). The van der Waals surface area contributed by atoms with Gasteiger partial charge in [-0.2, -0.15) is 0 Å². The van der Waals surface area contributed by atoms with Crippen LogP contribution in [0.25, 0.3) is 0 Å². The Bertz CT molecular complexity index is 657. The average molecular weight is 302 g/mol. The van der Waals surface area contributed by atoms with Gasteiger partial charge in [-0.25, -0.2) is 4.98 Å². The molecule has 1 N–H and O–H groups in total. The molecule has 0 fully saturated rings. The Kier molecular flexibility index (Phi) is 3.92. The average Bonchev–Trinajstić information content (AvgIpc) is 2.98. The molecule has 0 radical (unpaired) electrons. The molecular weight excluding hydrogens is 284 g/mol. The summed E-state index contributed by atoms with van der Waals surface area (Å²) in [6.45, 7) is 4.02. The standard InChI is InChI=1S/C16H18N2O2S/c1-10-6-7-13(11(2)8-10)20-9-15(19)18-16-17-12-4-3-5-14(12)21-16/h6-8H,3-5,9H2,1-2H3,(H,17,18,19). The van der Waals surface area contributed by atoms with Crippen molar-refractivity contribution in [2.45, 2.75) is 33.1 Å². The van der Waals surface area contributed by atoms with E-state index in [0.29, 0.717) is 5.13 Å². The Morgan fingerprint density at radius 3 is 3.00 bits per heavy atom. The molecule has 5 heteroatoms. The van der Waals surface area contributed by atoms with E-state index in [1.165, 1.54) is 16.9 Å². The zero-order valence-electron chi connectivity index (χ0n) is 12.2. The zero-order valence-corrected chi connectivity index (χ0v) is 13.0.